The first-order valence-electron chi connectivity index (χ1n) is 2.81. The predicted octanol–water partition coefficient (Wildman–Crippen LogP) is 1.15. The second-order valence-corrected chi connectivity index (χ2v) is 8.45. The molecule has 0 unspecified atom stereocenters. The molecule has 0 saturated carbocycles. The molecule has 0 fully saturated rings. The zero-order chi connectivity index (χ0) is 8.43. The topological polar surface area (TPSA) is 46.2 Å². The Morgan fingerprint density at radius 1 is 1.36 bits per heavy atom. The van der Waals surface area contributed by atoms with Crippen molar-refractivity contribution in [3.05, 3.63) is 18.2 Å². The van der Waals surface area contributed by atoms with Crippen LogP contribution in [-0.2, 0) is 0 Å². The normalized spacial score (nSPS) is 10.5. The standard InChI is InChI=1S/C6H6AsCl2NO/c8-7(9)4-1-2-5(10)6(11)3-4/h1-3,11H,10H2. The van der Waals surface area contributed by atoms with E-state index in [9.17, 15) is 0 Å². The van der Waals surface area contributed by atoms with Crippen LogP contribution in [0.4, 0.5) is 5.69 Å². The summed E-state index contributed by atoms with van der Waals surface area (Å²) < 4.78 is 0.785. The number of nitrogen functional groups attached to an aromatic ring is 1. The van der Waals surface area contributed by atoms with Crippen molar-refractivity contribution in [2.45, 2.75) is 0 Å². The number of nitrogens with two attached hydrogens (primary N) is 1. The van der Waals surface area contributed by atoms with E-state index in [4.69, 9.17) is 30.7 Å². The molecule has 0 aromatic heterocycles. The summed E-state index contributed by atoms with van der Waals surface area (Å²) >= 11 is -1.91. The molecule has 0 atom stereocenters. The predicted molar refractivity (Wildman–Crippen MR) is 49.6 cm³/mol. The molecule has 0 bridgehead atoms. The van der Waals surface area contributed by atoms with Gasteiger partial charge in [0.1, 0.15) is 0 Å². The Morgan fingerprint density at radius 2 is 2.00 bits per heavy atom. The molecule has 0 aliphatic heterocycles. The molecule has 0 aliphatic rings. The van der Waals surface area contributed by atoms with E-state index in [0.717, 1.165) is 4.35 Å². The summed E-state index contributed by atoms with van der Waals surface area (Å²) in [4.78, 5) is 0. The Morgan fingerprint density at radius 3 is 2.45 bits per heavy atom. The fourth-order valence-corrected chi connectivity index (χ4v) is 2.58. The van der Waals surface area contributed by atoms with Gasteiger partial charge in [0.15, 0.2) is 0 Å². The molecule has 0 spiro atoms. The van der Waals surface area contributed by atoms with Crippen LogP contribution in [0.25, 0.3) is 0 Å². The van der Waals surface area contributed by atoms with Gasteiger partial charge >= 0.3 is 77.5 Å². The summed E-state index contributed by atoms with van der Waals surface area (Å²) in [5.74, 6) is 0.0446. The van der Waals surface area contributed by atoms with Crippen molar-refractivity contribution in [2.75, 3.05) is 5.73 Å². The molecule has 0 radical (unpaired) electrons. The third-order valence-corrected chi connectivity index (χ3v) is 4.64. The van der Waals surface area contributed by atoms with E-state index in [0.29, 0.717) is 5.69 Å². The molecular weight excluding hydrogens is 248 g/mol. The van der Waals surface area contributed by atoms with E-state index in [1.165, 1.54) is 6.07 Å². The van der Waals surface area contributed by atoms with Gasteiger partial charge in [0.05, 0.1) is 0 Å². The fraction of sp³-hybridized carbons (Fsp3) is 0. The first-order valence-corrected chi connectivity index (χ1v) is 8.68. The van der Waals surface area contributed by atoms with E-state index in [1.807, 2.05) is 0 Å². The van der Waals surface area contributed by atoms with Crippen LogP contribution in [0.2, 0.25) is 0 Å². The Hall–Kier alpha value is -0.0416. The van der Waals surface area contributed by atoms with Gasteiger partial charge in [-0.05, 0) is 0 Å². The number of halogens is 2. The van der Waals surface area contributed by atoms with Crippen LogP contribution in [0.5, 0.6) is 5.75 Å². The summed E-state index contributed by atoms with van der Waals surface area (Å²) in [6.45, 7) is 0. The molecule has 2 nitrogen and oxygen atoms in total. The van der Waals surface area contributed by atoms with Crippen molar-refractivity contribution in [3.63, 3.8) is 0 Å². The van der Waals surface area contributed by atoms with Crippen LogP contribution in [0.15, 0.2) is 18.2 Å². The van der Waals surface area contributed by atoms with Gasteiger partial charge in [0.2, 0.25) is 0 Å². The van der Waals surface area contributed by atoms with Gasteiger partial charge in [-0.3, -0.25) is 0 Å². The molecule has 0 saturated heterocycles. The third kappa shape index (κ3) is 2.19. The van der Waals surface area contributed by atoms with Crippen molar-refractivity contribution in [1.29, 1.82) is 0 Å². The molecule has 0 amide bonds. The van der Waals surface area contributed by atoms with Crippen molar-refractivity contribution < 1.29 is 5.11 Å². The Bertz CT molecular complexity index is 267. The summed E-state index contributed by atoms with van der Waals surface area (Å²) in [7, 11) is 11.4. The number of anilines is 1. The summed E-state index contributed by atoms with van der Waals surface area (Å²) in [5, 5.41) is 9.13. The maximum absolute atomic E-state index is 9.13. The molecule has 0 aliphatic carbocycles. The summed E-state index contributed by atoms with van der Waals surface area (Å²) in [6.07, 6.45) is 0. The van der Waals surface area contributed by atoms with E-state index in [1.54, 1.807) is 12.1 Å². The molecule has 1 rings (SSSR count). The molecular formula is C6H6AsCl2NO. The average molecular weight is 254 g/mol. The van der Waals surface area contributed by atoms with Crippen LogP contribution >= 0.6 is 19.9 Å². The van der Waals surface area contributed by atoms with Gasteiger partial charge in [-0.1, -0.05) is 0 Å². The number of phenols is 1. The van der Waals surface area contributed by atoms with Crippen LogP contribution in [0.3, 0.4) is 0 Å². The van der Waals surface area contributed by atoms with Crippen molar-refractivity contribution in [2.24, 2.45) is 0 Å². The Labute approximate surface area is 77.5 Å². The van der Waals surface area contributed by atoms with E-state index in [-0.39, 0.29) is 5.75 Å². The first kappa shape index (κ1) is 9.05. The molecule has 3 N–H and O–H groups in total. The van der Waals surface area contributed by atoms with Crippen LogP contribution in [0, 0.1) is 0 Å². The summed E-state index contributed by atoms with van der Waals surface area (Å²) in [6, 6.07) is 4.83. The minimum absolute atomic E-state index is 0.0446. The van der Waals surface area contributed by atoms with Gasteiger partial charge < -0.3 is 0 Å². The number of aromatic hydroxyl groups is 1. The van der Waals surface area contributed by atoms with Gasteiger partial charge in [-0.15, -0.1) is 0 Å². The van der Waals surface area contributed by atoms with E-state index in [2.05, 4.69) is 0 Å². The zero-order valence-corrected chi connectivity index (χ0v) is 8.85. The summed E-state index contributed by atoms with van der Waals surface area (Å²) in [5.41, 5.74) is 5.71. The molecule has 5 heteroatoms. The molecule has 1 aromatic carbocycles. The van der Waals surface area contributed by atoms with E-state index < -0.39 is 12.8 Å². The van der Waals surface area contributed by atoms with Crippen LogP contribution < -0.4 is 10.1 Å². The third-order valence-electron chi connectivity index (χ3n) is 1.21. The number of rotatable bonds is 1. The van der Waals surface area contributed by atoms with Crippen LogP contribution in [0.1, 0.15) is 0 Å². The van der Waals surface area contributed by atoms with Gasteiger partial charge in [-0.25, -0.2) is 0 Å². The Balaban J connectivity index is 3.05. The number of benzene rings is 1. The van der Waals surface area contributed by atoms with Gasteiger partial charge in [0.25, 0.3) is 0 Å². The van der Waals surface area contributed by atoms with Crippen molar-refractivity contribution >= 4 is 42.7 Å². The van der Waals surface area contributed by atoms with Gasteiger partial charge in [-0.2, -0.15) is 0 Å². The Kier molecular flexibility index (Phi) is 2.94. The molecule has 1 aromatic rings. The average Bonchev–Trinajstić information content (AvgIpc) is 1.94. The minimum atomic E-state index is -1.91. The monoisotopic (exact) mass is 253 g/mol. The molecule has 0 heterocycles. The van der Waals surface area contributed by atoms with Gasteiger partial charge in [0, 0.05) is 0 Å². The first-order chi connectivity index (χ1) is 5.11. The SMILES string of the molecule is Nc1ccc([As](Cl)Cl)cc1O. The van der Waals surface area contributed by atoms with Crippen LogP contribution in [-0.4, -0.2) is 17.9 Å². The van der Waals surface area contributed by atoms with Crippen molar-refractivity contribution in [1.82, 2.24) is 0 Å². The number of hydrogen-bond donors (Lipinski definition) is 2. The molecule has 11 heavy (non-hydrogen) atoms. The maximum atomic E-state index is 9.13. The van der Waals surface area contributed by atoms with E-state index >= 15 is 0 Å². The van der Waals surface area contributed by atoms with Crippen molar-refractivity contribution in [3.8, 4) is 5.75 Å². The molecule has 60 valence electrons. The fourth-order valence-electron chi connectivity index (χ4n) is 0.637. The number of phenolic OH excluding ortho intramolecular Hbond substituents is 1. The second-order valence-electron chi connectivity index (χ2n) is 1.98. The number of hydrogen-bond acceptors (Lipinski definition) is 2. The quantitative estimate of drug-likeness (QED) is 0.448. The zero-order valence-electron chi connectivity index (χ0n) is 5.46. The second kappa shape index (κ2) is 3.57.